The van der Waals surface area contributed by atoms with Gasteiger partial charge in [-0.25, -0.2) is 0 Å². The van der Waals surface area contributed by atoms with Crippen LogP contribution in [0.3, 0.4) is 0 Å². The van der Waals surface area contributed by atoms with Gasteiger partial charge < -0.3 is 0 Å². The summed E-state index contributed by atoms with van der Waals surface area (Å²) in [6, 6.07) is 0. The van der Waals surface area contributed by atoms with Gasteiger partial charge in [-0.3, -0.25) is 4.79 Å². The SMILES string of the molecule is CCC(C)(C)C(=O)SCCC(C)(C)C. The summed E-state index contributed by atoms with van der Waals surface area (Å²) in [6.45, 7) is 12.8. The van der Waals surface area contributed by atoms with Crippen LogP contribution in [-0.2, 0) is 4.79 Å². The van der Waals surface area contributed by atoms with Crippen LogP contribution in [0.5, 0.6) is 0 Å². The number of thioether (sulfide) groups is 1. The fourth-order valence-corrected chi connectivity index (χ4v) is 2.22. The van der Waals surface area contributed by atoms with Gasteiger partial charge in [0.25, 0.3) is 0 Å². The molecule has 0 aromatic carbocycles. The van der Waals surface area contributed by atoms with Crippen molar-refractivity contribution in [3.63, 3.8) is 0 Å². The van der Waals surface area contributed by atoms with Gasteiger partial charge >= 0.3 is 0 Å². The van der Waals surface area contributed by atoms with Crippen molar-refractivity contribution in [1.29, 1.82) is 0 Å². The minimum atomic E-state index is -0.150. The lowest BCUT2D eigenvalue weighted by atomic mass is 9.92. The van der Waals surface area contributed by atoms with Crippen molar-refractivity contribution in [2.45, 2.75) is 54.4 Å². The van der Waals surface area contributed by atoms with Crippen LogP contribution in [-0.4, -0.2) is 10.9 Å². The normalized spacial score (nSPS) is 13.0. The maximum absolute atomic E-state index is 11.7. The number of rotatable bonds is 4. The average Bonchev–Trinajstić information content (AvgIpc) is 2.02. The molecule has 0 spiro atoms. The predicted molar refractivity (Wildman–Crippen MR) is 65.6 cm³/mol. The summed E-state index contributed by atoms with van der Waals surface area (Å²) in [6.07, 6.45) is 2.03. The van der Waals surface area contributed by atoms with E-state index in [0.29, 0.717) is 10.5 Å². The largest absolute Gasteiger partial charge is 0.287 e. The maximum Gasteiger partial charge on any atom is 0.194 e. The molecule has 0 aliphatic carbocycles. The predicted octanol–water partition coefficient (Wildman–Crippen LogP) is 4.12. The van der Waals surface area contributed by atoms with E-state index in [1.807, 2.05) is 13.8 Å². The summed E-state index contributed by atoms with van der Waals surface area (Å²) in [5, 5.41) is 0.337. The van der Waals surface area contributed by atoms with Crippen molar-refractivity contribution in [3.8, 4) is 0 Å². The highest BCUT2D eigenvalue weighted by molar-refractivity contribution is 8.13. The molecule has 0 rings (SSSR count). The van der Waals surface area contributed by atoms with Crippen molar-refractivity contribution in [3.05, 3.63) is 0 Å². The van der Waals surface area contributed by atoms with Crippen molar-refractivity contribution in [2.24, 2.45) is 10.8 Å². The highest BCUT2D eigenvalue weighted by Gasteiger charge is 2.25. The fraction of sp³-hybridized carbons (Fsp3) is 0.917. The van der Waals surface area contributed by atoms with Crippen LogP contribution in [0, 0.1) is 10.8 Å². The first-order valence-electron chi connectivity index (χ1n) is 5.36. The molecule has 0 saturated carbocycles. The second kappa shape index (κ2) is 5.20. The van der Waals surface area contributed by atoms with E-state index in [1.54, 1.807) is 0 Å². The summed E-state index contributed by atoms with van der Waals surface area (Å²) in [5.41, 5.74) is 0.187. The first-order valence-corrected chi connectivity index (χ1v) is 6.35. The van der Waals surface area contributed by atoms with Crippen LogP contribution in [0.15, 0.2) is 0 Å². The third kappa shape index (κ3) is 5.69. The van der Waals surface area contributed by atoms with E-state index in [0.717, 1.165) is 18.6 Å². The van der Waals surface area contributed by atoms with Gasteiger partial charge in [0.2, 0.25) is 0 Å². The summed E-state index contributed by atoms with van der Waals surface area (Å²) in [5.74, 6) is 0.950. The first-order chi connectivity index (χ1) is 6.19. The third-order valence-corrected chi connectivity index (χ3v) is 3.74. The zero-order valence-electron chi connectivity index (χ0n) is 10.4. The lowest BCUT2D eigenvalue weighted by molar-refractivity contribution is -0.118. The average molecular weight is 216 g/mol. The Balaban J connectivity index is 3.87. The molecule has 2 heteroatoms. The zero-order chi connectivity index (χ0) is 11.4. The van der Waals surface area contributed by atoms with Crippen LogP contribution in [0.2, 0.25) is 0 Å². The Labute approximate surface area is 93.0 Å². The summed E-state index contributed by atoms with van der Waals surface area (Å²) < 4.78 is 0. The molecule has 0 aromatic heterocycles. The van der Waals surface area contributed by atoms with Gasteiger partial charge in [-0.1, -0.05) is 53.3 Å². The van der Waals surface area contributed by atoms with E-state index in [-0.39, 0.29) is 5.41 Å². The van der Waals surface area contributed by atoms with E-state index in [2.05, 4.69) is 27.7 Å². The molecular formula is C12H24OS. The molecule has 0 aliphatic rings. The number of hydrogen-bond donors (Lipinski definition) is 0. The standard InChI is InChI=1S/C12H24OS/c1-7-12(5,6)10(13)14-9-8-11(2,3)4/h7-9H2,1-6H3. The smallest absolute Gasteiger partial charge is 0.194 e. The van der Waals surface area contributed by atoms with Crippen molar-refractivity contribution >= 4 is 16.9 Å². The van der Waals surface area contributed by atoms with Crippen molar-refractivity contribution in [1.82, 2.24) is 0 Å². The van der Waals surface area contributed by atoms with Gasteiger partial charge in [0.1, 0.15) is 0 Å². The Kier molecular flexibility index (Phi) is 5.21. The Bertz CT molecular complexity index is 189. The molecule has 0 fully saturated rings. The Morgan fingerprint density at radius 1 is 1.14 bits per heavy atom. The number of carbonyl (C=O) groups is 1. The molecule has 0 radical (unpaired) electrons. The van der Waals surface area contributed by atoms with E-state index >= 15 is 0 Å². The van der Waals surface area contributed by atoms with Gasteiger partial charge in [0.05, 0.1) is 0 Å². The van der Waals surface area contributed by atoms with E-state index in [9.17, 15) is 4.79 Å². The molecule has 0 aliphatic heterocycles. The molecule has 84 valence electrons. The molecule has 14 heavy (non-hydrogen) atoms. The van der Waals surface area contributed by atoms with Crippen molar-refractivity contribution < 1.29 is 4.79 Å². The lowest BCUT2D eigenvalue weighted by Crippen LogP contribution is -2.21. The van der Waals surface area contributed by atoms with Gasteiger partial charge in [0.15, 0.2) is 5.12 Å². The molecule has 0 N–H and O–H groups in total. The Morgan fingerprint density at radius 3 is 2.00 bits per heavy atom. The van der Waals surface area contributed by atoms with Gasteiger partial charge in [-0.2, -0.15) is 0 Å². The minimum absolute atomic E-state index is 0.150. The zero-order valence-corrected chi connectivity index (χ0v) is 11.3. The van der Waals surface area contributed by atoms with E-state index < -0.39 is 0 Å². The molecule has 0 bridgehead atoms. The van der Waals surface area contributed by atoms with Gasteiger partial charge in [-0.05, 0) is 18.3 Å². The molecule has 0 aromatic rings. The van der Waals surface area contributed by atoms with Gasteiger partial charge in [-0.15, -0.1) is 0 Å². The lowest BCUT2D eigenvalue weighted by Gasteiger charge is -2.22. The number of hydrogen-bond acceptors (Lipinski definition) is 2. The van der Waals surface area contributed by atoms with Crippen molar-refractivity contribution in [2.75, 3.05) is 5.75 Å². The molecule has 0 saturated heterocycles. The Hall–Kier alpha value is 0.0200. The fourth-order valence-electron chi connectivity index (χ4n) is 0.790. The second-order valence-corrected chi connectivity index (χ2v) is 6.75. The maximum atomic E-state index is 11.7. The number of carbonyl (C=O) groups excluding carboxylic acids is 1. The second-order valence-electron chi connectivity index (χ2n) is 5.68. The Morgan fingerprint density at radius 2 is 1.64 bits per heavy atom. The van der Waals surface area contributed by atoms with Crippen LogP contribution in [0.4, 0.5) is 0 Å². The summed E-state index contributed by atoms with van der Waals surface area (Å²) >= 11 is 1.50. The quantitative estimate of drug-likeness (QED) is 0.703. The van der Waals surface area contributed by atoms with Gasteiger partial charge in [0, 0.05) is 11.2 Å². The van der Waals surface area contributed by atoms with E-state index in [4.69, 9.17) is 0 Å². The van der Waals surface area contributed by atoms with Crippen LogP contribution in [0.25, 0.3) is 0 Å². The summed E-state index contributed by atoms with van der Waals surface area (Å²) in [4.78, 5) is 11.7. The van der Waals surface area contributed by atoms with Crippen LogP contribution < -0.4 is 0 Å². The van der Waals surface area contributed by atoms with E-state index in [1.165, 1.54) is 11.8 Å². The highest BCUT2D eigenvalue weighted by atomic mass is 32.2. The molecule has 0 amide bonds. The third-order valence-electron chi connectivity index (χ3n) is 2.52. The highest BCUT2D eigenvalue weighted by Crippen LogP contribution is 2.29. The van der Waals surface area contributed by atoms with Crippen LogP contribution >= 0.6 is 11.8 Å². The van der Waals surface area contributed by atoms with Crippen LogP contribution in [0.1, 0.15) is 54.4 Å². The molecular weight excluding hydrogens is 192 g/mol. The molecule has 1 nitrogen and oxygen atoms in total. The molecule has 0 atom stereocenters. The minimum Gasteiger partial charge on any atom is -0.287 e. The molecule has 0 unspecified atom stereocenters. The topological polar surface area (TPSA) is 17.1 Å². The summed E-state index contributed by atoms with van der Waals surface area (Å²) in [7, 11) is 0. The monoisotopic (exact) mass is 216 g/mol. The first kappa shape index (κ1) is 14.0. The molecule has 0 heterocycles.